The van der Waals surface area contributed by atoms with E-state index in [2.05, 4.69) is 9.80 Å². The Bertz CT molecular complexity index is 1020. The summed E-state index contributed by atoms with van der Waals surface area (Å²) in [6, 6.07) is 10.2. The first kappa shape index (κ1) is 28.7. The van der Waals surface area contributed by atoms with Crippen LogP contribution in [-0.4, -0.2) is 76.9 Å². The molecule has 0 saturated carbocycles. The summed E-state index contributed by atoms with van der Waals surface area (Å²) < 4.78 is 35.4. The van der Waals surface area contributed by atoms with Crippen LogP contribution in [0.3, 0.4) is 0 Å². The second kappa shape index (κ2) is 13.1. The van der Waals surface area contributed by atoms with Gasteiger partial charge in [-0.25, -0.2) is 4.39 Å². The molecule has 0 aromatic heterocycles. The molecule has 0 amide bonds. The van der Waals surface area contributed by atoms with Crippen LogP contribution >= 0.6 is 0 Å². The van der Waals surface area contributed by atoms with Crippen LogP contribution in [0.15, 0.2) is 36.4 Å². The third kappa shape index (κ3) is 6.36. The molecule has 1 saturated heterocycles. The molecule has 1 heterocycles. The standard InChI is InChI=1S/C29H41FN2O5/c1-21(2)29(28(33)37-6,23-9-11-24(30)12-10-23)14-7-15-31-16-18-32(19-17-31)20-22-8-13-25(34-3)27(36-5)26(22)35-4/h8-13,21H,7,14-20H2,1-6H3. The SMILES string of the molecule is COC(=O)C(CCCN1CCN(Cc2ccc(OC)c(OC)c2OC)CC1)(c1ccc(F)cc1)C(C)C. The number of halogens is 1. The Morgan fingerprint density at radius 2 is 1.51 bits per heavy atom. The normalized spacial score (nSPS) is 16.3. The zero-order valence-corrected chi connectivity index (χ0v) is 23.0. The molecule has 1 aliphatic rings. The Labute approximate surface area is 220 Å². The van der Waals surface area contributed by atoms with Gasteiger partial charge in [-0.3, -0.25) is 9.69 Å². The van der Waals surface area contributed by atoms with E-state index in [9.17, 15) is 9.18 Å². The summed E-state index contributed by atoms with van der Waals surface area (Å²) in [7, 11) is 6.31. The number of ether oxygens (including phenoxy) is 4. The molecule has 3 rings (SSSR count). The van der Waals surface area contributed by atoms with Crippen molar-refractivity contribution in [3.63, 3.8) is 0 Å². The Morgan fingerprint density at radius 3 is 2.05 bits per heavy atom. The van der Waals surface area contributed by atoms with E-state index in [0.717, 1.165) is 56.8 Å². The van der Waals surface area contributed by atoms with Crippen molar-refractivity contribution in [2.24, 2.45) is 5.92 Å². The van der Waals surface area contributed by atoms with Gasteiger partial charge in [0, 0.05) is 38.3 Å². The lowest BCUT2D eigenvalue weighted by Crippen LogP contribution is -2.47. The van der Waals surface area contributed by atoms with Crippen LogP contribution in [0, 0.1) is 11.7 Å². The predicted octanol–water partition coefficient (Wildman–Crippen LogP) is 4.52. The average Bonchev–Trinajstić information content (AvgIpc) is 2.91. The van der Waals surface area contributed by atoms with Gasteiger partial charge in [-0.2, -0.15) is 0 Å². The summed E-state index contributed by atoms with van der Waals surface area (Å²) in [6.45, 7) is 9.46. The topological polar surface area (TPSA) is 60.5 Å². The minimum Gasteiger partial charge on any atom is -0.493 e. The highest BCUT2D eigenvalue weighted by atomic mass is 19.1. The molecule has 7 nitrogen and oxygen atoms in total. The van der Waals surface area contributed by atoms with Gasteiger partial charge in [0.2, 0.25) is 5.75 Å². The van der Waals surface area contributed by atoms with Crippen LogP contribution < -0.4 is 14.2 Å². The van der Waals surface area contributed by atoms with E-state index in [0.29, 0.717) is 23.7 Å². The number of carbonyl (C=O) groups excluding carboxylic acids is 1. The van der Waals surface area contributed by atoms with Gasteiger partial charge < -0.3 is 23.8 Å². The van der Waals surface area contributed by atoms with Crippen molar-refractivity contribution in [2.75, 3.05) is 61.2 Å². The number of hydrogen-bond donors (Lipinski definition) is 0. The molecule has 1 aliphatic heterocycles. The first-order valence-corrected chi connectivity index (χ1v) is 12.9. The number of rotatable bonds is 12. The highest BCUT2D eigenvalue weighted by Crippen LogP contribution is 2.41. The molecule has 204 valence electrons. The molecule has 2 aromatic carbocycles. The van der Waals surface area contributed by atoms with Crippen molar-refractivity contribution in [3.8, 4) is 17.2 Å². The number of methoxy groups -OCH3 is 4. The second-order valence-electron chi connectivity index (χ2n) is 9.84. The molecule has 0 N–H and O–H groups in total. The van der Waals surface area contributed by atoms with Gasteiger partial charge in [-0.1, -0.05) is 32.0 Å². The van der Waals surface area contributed by atoms with Crippen LogP contribution in [0.1, 0.15) is 37.8 Å². The van der Waals surface area contributed by atoms with Crippen molar-refractivity contribution in [1.29, 1.82) is 0 Å². The summed E-state index contributed by atoms with van der Waals surface area (Å²) in [5.41, 5.74) is 1.07. The monoisotopic (exact) mass is 516 g/mol. The van der Waals surface area contributed by atoms with Gasteiger partial charge in [0.1, 0.15) is 5.82 Å². The molecular weight excluding hydrogens is 475 g/mol. The van der Waals surface area contributed by atoms with Crippen LogP contribution in [0.4, 0.5) is 4.39 Å². The van der Waals surface area contributed by atoms with Gasteiger partial charge in [0.15, 0.2) is 11.5 Å². The van der Waals surface area contributed by atoms with Gasteiger partial charge in [0.25, 0.3) is 0 Å². The molecule has 1 atom stereocenters. The zero-order chi connectivity index (χ0) is 27.0. The van der Waals surface area contributed by atoms with E-state index in [1.165, 1.54) is 19.2 Å². The second-order valence-corrected chi connectivity index (χ2v) is 9.84. The van der Waals surface area contributed by atoms with E-state index < -0.39 is 5.41 Å². The summed E-state index contributed by atoms with van der Waals surface area (Å²) >= 11 is 0. The summed E-state index contributed by atoms with van der Waals surface area (Å²) in [5.74, 6) is 1.41. The zero-order valence-electron chi connectivity index (χ0n) is 23.0. The van der Waals surface area contributed by atoms with Gasteiger partial charge in [0.05, 0.1) is 33.9 Å². The fourth-order valence-corrected chi connectivity index (χ4v) is 5.43. The Hall–Kier alpha value is -2.84. The number of nitrogens with zero attached hydrogens (tertiary/aromatic N) is 2. The Morgan fingerprint density at radius 1 is 0.892 bits per heavy atom. The van der Waals surface area contributed by atoms with Crippen molar-refractivity contribution in [2.45, 2.75) is 38.6 Å². The van der Waals surface area contributed by atoms with Crippen molar-refractivity contribution < 1.29 is 28.1 Å². The third-order valence-corrected chi connectivity index (χ3v) is 7.58. The Kier molecular flexibility index (Phi) is 10.2. The van der Waals surface area contributed by atoms with Crippen molar-refractivity contribution >= 4 is 5.97 Å². The van der Waals surface area contributed by atoms with Crippen LogP contribution in [0.25, 0.3) is 0 Å². The van der Waals surface area contributed by atoms with Gasteiger partial charge in [-0.05, 0) is 49.1 Å². The maximum Gasteiger partial charge on any atom is 0.316 e. The van der Waals surface area contributed by atoms with E-state index in [4.69, 9.17) is 18.9 Å². The first-order chi connectivity index (χ1) is 17.8. The molecule has 0 radical (unpaired) electrons. The summed E-state index contributed by atoms with van der Waals surface area (Å²) in [6.07, 6.45) is 1.49. The van der Waals surface area contributed by atoms with Crippen molar-refractivity contribution in [3.05, 3.63) is 53.3 Å². The largest absolute Gasteiger partial charge is 0.493 e. The van der Waals surface area contributed by atoms with E-state index >= 15 is 0 Å². The van der Waals surface area contributed by atoms with Crippen molar-refractivity contribution in [1.82, 2.24) is 9.80 Å². The molecule has 2 aromatic rings. The highest BCUT2D eigenvalue weighted by Gasteiger charge is 2.44. The van der Waals surface area contributed by atoms with E-state index in [1.54, 1.807) is 33.5 Å². The van der Waals surface area contributed by atoms with E-state index in [1.807, 2.05) is 26.0 Å². The summed E-state index contributed by atoms with van der Waals surface area (Å²) in [5, 5.41) is 0. The lowest BCUT2D eigenvalue weighted by Gasteiger charge is -2.38. The summed E-state index contributed by atoms with van der Waals surface area (Å²) in [4.78, 5) is 17.9. The smallest absolute Gasteiger partial charge is 0.316 e. The molecule has 1 fully saturated rings. The minimum absolute atomic E-state index is 0.0127. The molecule has 8 heteroatoms. The maximum atomic E-state index is 13.6. The lowest BCUT2D eigenvalue weighted by atomic mass is 9.68. The van der Waals surface area contributed by atoms with Crippen LogP contribution in [0.5, 0.6) is 17.2 Å². The van der Waals surface area contributed by atoms with Gasteiger partial charge in [-0.15, -0.1) is 0 Å². The Balaban J connectivity index is 1.60. The highest BCUT2D eigenvalue weighted by molar-refractivity contribution is 5.83. The first-order valence-electron chi connectivity index (χ1n) is 12.9. The molecule has 0 bridgehead atoms. The van der Waals surface area contributed by atoms with Gasteiger partial charge >= 0.3 is 5.97 Å². The lowest BCUT2D eigenvalue weighted by molar-refractivity contribution is -0.150. The number of piperazine rings is 1. The molecule has 37 heavy (non-hydrogen) atoms. The number of carbonyl (C=O) groups is 1. The average molecular weight is 517 g/mol. The fraction of sp³-hybridized carbons (Fsp3) is 0.552. The van der Waals surface area contributed by atoms with Crippen LogP contribution in [0.2, 0.25) is 0 Å². The molecule has 1 unspecified atom stereocenters. The fourth-order valence-electron chi connectivity index (χ4n) is 5.43. The number of benzene rings is 2. The molecular formula is C29H41FN2O5. The molecule has 0 spiro atoms. The third-order valence-electron chi connectivity index (χ3n) is 7.58. The number of esters is 1. The molecule has 0 aliphatic carbocycles. The van der Waals surface area contributed by atoms with E-state index in [-0.39, 0.29) is 17.7 Å². The minimum atomic E-state index is -0.797. The van der Waals surface area contributed by atoms with Crippen LogP contribution in [-0.2, 0) is 21.5 Å². The quantitative estimate of drug-likeness (QED) is 0.385. The number of hydrogen-bond acceptors (Lipinski definition) is 7. The maximum absolute atomic E-state index is 13.6. The predicted molar refractivity (Wildman–Crippen MR) is 142 cm³/mol.